The van der Waals surface area contributed by atoms with E-state index in [9.17, 15) is 9.18 Å². The van der Waals surface area contributed by atoms with E-state index in [-0.39, 0.29) is 18.3 Å². The van der Waals surface area contributed by atoms with Gasteiger partial charge in [-0.2, -0.15) is 5.10 Å². The molecule has 0 saturated heterocycles. The number of aromatic nitrogens is 4. The lowest BCUT2D eigenvalue weighted by Crippen LogP contribution is -2.31. The summed E-state index contributed by atoms with van der Waals surface area (Å²) in [4.78, 5) is 23.5. The Hall–Kier alpha value is -3.39. The second-order valence-electron chi connectivity index (χ2n) is 6.13. The molecule has 28 heavy (non-hydrogen) atoms. The van der Waals surface area contributed by atoms with Crippen LogP contribution < -0.4 is 4.90 Å². The average Bonchev–Trinajstić information content (AvgIpc) is 3.36. The normalized spacial score (nSPS) is 10.8. The van der Waals surface area contributed by atoms with E-state index in [0.29, 0.717) is 16.4 Å². The molecule has 4 aromatic rings. The molecule has 1 aromatic carbocycles. The zero-order chi connectivity index (χ0) is 19.5. The Morgan fingerprint density at radius 3 is 2.71 bits per heavy atom. The van der Waals surface area contributed by atoms with Gasteiger partial charge in [0.25, 0.3) is 5.91 Å². The van der Waals surface area contributed by atoms with Gasteiger partial charge in [-0.15, -0.1) is 11.3 Å². The summed E-state index contributed by atoms with van der Waals surface area (Å²) in [6, 6.07) is 11.3. The molecule has 0 aliphatic carbocycles. The molecule has 0 unspecified atom stereocenters. The lowest BCUT2D eigenvalue weighted by atomic mass is 10.2. The van der Waals surface area contributed by atoms with E-state index < -0.39 is 0 Å². The Bertz CT molecular complexity index is 1090. The minimum atomic E-state index is -0.360. The number of carbonyl (C=O) groups is 1. The van der Waals surface area contributed by atoms with Crippen molar-refractivity contribution in [3.63, 3.8) is 0 Å². The molecular weight excluding hydrogens is 377 g/mol. The highest BCUT2D eigenvalue weighted by Crippen LogP contribution is 2.26. The Morgan fingerprint density at radius 2 is 2.04 bits per heavy atom. The Kier molecular flexibility index (Phi) is 4.94. The monoisotopic (exact) mass is 393 g/mol. The number of aryl methyl sites for hydroxylation is 1. The van der Waals surface area contributed by atoms with Crippen LogP contribution in [0.5, 0.6) is 0 Å². The first-order valence-corrected chi connectivity index (χ1v) is 9.40. The number of nitrogens with zero attached hydrogens (tertiary/aromatic N) is 5. The van der Waals surface area contributed by atoms with Gasteiger partial charge in [-0.3, -0.25) is 14.5 Å². The van der Waals surface area contributed by atoms with Crippen molar-refractivity contribution in [2.45, 2.75) is 6.54 Å². The average molecular weight is 393 g/mol. The first kappa shape index (κ1) is 18.0. The quantitative estimate of drug-likeness (QED) is 0.515. The lowest BCUT2D eigenvalue weighted by Gasteiger charge is -2.21. The third-order valence-corrected chi connectivity index (χ3v) is 5.00. The largest absolute Gasteiger partial charge is 0.301 e. The Morgan fingerprint density at radius 1 is 1.21 bits per heavy atom. The van der Waals surface area contributed by atoms with Gasteiger partial charge in [0.05, 0.1) is 18.4 Å². The van der Waals surface area contributed by atoms with Crippen LogP contribution in [0.1, 0.15) is 16.2 Å². The fraction of sp³-hybridized carbons (Fsp3) is 0.100. The maximum atomic E-state index is 13.4. The van der Waals surface area contributed by atoms with Crippen molar-refractivity contribution in [2.75, 3.05) is 4.90 Å². The highest BCUT2D eigenvalue weighted by Gasteiger charge is 2.22. The number of hydrogen-bond acceptors (Lipinski definition) is 5. The van der Waals surface area contributed by atoms with Gasteiger partial charge in [-0.05, 0) is 36.4 Å². The highest BCUT2D eigenvalue weighted by molar-refractivity contribution is 7.13. The summed E-state index contributed by atoms with van der Waals surface area (Å²) in [5.41, 5.74) is 2.48. The molecule has 3 heterocycles. The minimum absolute atomic E-state index is 0.255. The van der Waals surface area contributed by atoms with Gasteiger partial charge < -0.3 is 4.90 Å². The number of halogens is 1. The Labute approximate surface area is 164 Å². The van der Waals surface area contributed by atoms with Crippen molar-refractivity contribution in [2.24, 2.45) is 7.05 Å². The summed E-state index contributed by atoms with van der Waals surface area (Å²) in [6.07, 6.45) is 5.23. The smallest absolute Gasteiger partial charge is 0.278 e. The molecule has 0 atom stereocenters. The maximum Gasteiger partial charge on any atom is 0.278 e. The summed E-state index contributed by atoms with van der Waals surface area (Å²) in [6.45, 7) is 0.255. The van der Waals surface area contributed by atoms with Gasteiger partial charge in [-0.25, -0.2) is 9.37 Å². The van der Waals surface area contributed by atoms with E-state index >= 15 is 0 Å². The molecule has 0 spiro atoms. The van der Waals surface area contributed by atoms with Gasteiger partial charge in [0.15, 0.2) is 0 Å². The molecule has 0 aliphatic heterocycles. The second-order valence-corrected chi connectivity index (χ2v) is 6.99. The summed E-state index contributed by atoms with van der Waals surface area (Å²) in [5, 5.41) is 6.58. The summed E-state index contributed by atoms with van der Waals surface area (Å²) in [7, 11) is 1.83. The van der Waals surface area contributed by atoms with Crippen molar-refractivity contribution in [1.82, 2.24) is 19.7 Å². The lowest BCUT2D eigenvalue weighted by molar-refractivity contribution is 0.0980. The van der Waals surface area contributed by atoms with Crippen LogP contribution in [0.2, 0.25) is 0 Å². The first-order valence-electron chi connectivity index (χ1n) is 8.52. The number of hydrogen-bond donors (Lipinski definition) is 0. The topological polar surface area (TPSA) is 63.9 Å². The van der Waals surface area contributed by atoms with E-state index in [4.69, 9.17) is 0 Å². The molecule has 6 nitrogen and oxygen atoms in total. The van der Waals surface area contributed by atoms with E-state index in [2.05, 4.69) is 15.1 Å². The van der Waals surface area contributed by atoms with Crippen LogP contribution in [0.3, 0.4) is 0 Å². The van der Waals surface area contributed by atoms with Crippen LogP contribution in [0.25, 0.3) is 10.6 Å². The van der Waals surface area contributed by atoms with E-state index in [1.54, 1.807) is 39.5 Å². The standard InChI is InChI=1S/C20H16FN5OS/c1-25-11-14(10-23-25)19-24-18(13-28-19)20(27)26(12-16-4-2-3-9-22-16)17-7-5-15(21)6-8-17/h2-11,13H,12H2,1H3. The van der Waals surface area contributed by atoms with E-state index in [1.165, 1.54) is 23.5 Å². The zero-order valence-electron chi connectivity index (χ0n) is 15.0. The van der Waals surface area contributed by atoms with Crippen LogP contribution in [0.15, 0.2) is 66.4 Å². The predicted molar refractivity (Wildman–Crippen MR) is 105 cm³/mol. The molecular formula is C20H16FN5OS. The SMILES string of the molecule is Cn1cc(-c2nc(C(=O)N(Cc3ccccn3)c3ccc(F)cc3)cs2)cn1. The van der Waals surface area contributed by atoms with E-state index in [0.717, 1.165) is 11.3 Å². The number of rotatable bonds is 5. The molecule has 0 aliphatic rings. The zero-order valence-corrected chi connectivity index (χ0v) is 15.8. The number of benzene rings is 1. The Balaban J connectivity index is 1.66. The highest BCUT2D eigenvalue weighted by atomic mass is 32.1. The second kappa shape index (κ2) is 7.69. The van der Waals surface area contributed by atoms with Crippen molar-refractivity contribution in [3.8, 4) is 10.6 Å². The predicted octanol–water partition coefficient (Wildman–Crippen LogP) is 3.92. The van der Waals surface area contributed by atoms with Crippen LogP contribution in [-0.4, -0.2) is 25.7 Å². The number of amides is 1. The molecule has 0 saturated carbocycles. The van der Waals surface area contributed by atoms with Crippen LogP contribution in [0, 0.1) is 5.82 Å². The number of anilines is 1. The van der Waals surface area contributed by atoms with Gasteiger partial charge in [-0.1, -0.05) is 6.07 Å². The first-order chi connectivity index (χ1) is 13.6. The van der Waals surface area contributed by atoms with Gasteiger partial charge in [0.2, 0.25) is 0 Å². The van der Waals surface area contributed by atoms with Crippen LogP contribution in [-0.2, 0) is 13.6 Å². The molecule has 0 bridgehead atoms. The van der Waals surface area contributed by atoms with Crippen molar-refractivity contribution in [1.29, 1.82) is 0 Å². The number of pyridine rings is 1. The molecule has 3 aromatic heterocycles. The number of carbonyl (C=O) groups excluding carboxylic acids is 1. The third-order valence-electron chi connectivity index (χ3n) is 4.10. The fourth-order valence-electron chi connectivity index (χ4n) is 2.73. The van der Waals surface area contributed by atoms with Crippen LogP contribution >= 0.6 is 11.3 Å². The molecule has 140 valence electrons. The van der Waals surface area contributed by atoms with E-state index in [1.807, 2.05) is 31.4 Å². The van der Waals surface area contributed by atoms with Gasteiger partial charge in [0, 0.05) is 36.1 Å². The number of thiazole rings is 1. The van der Waals surface area contributed by atoms with Crippen molar-refractivity contribution >= 4 is 22.9 Å². The molecule has 8 heteroatoms. The molecule has 0 N–H and O–H groups in total. The van der Waals surface area contributed by atoms with Crippen LogP contribution in [0.4, 0.5) is 10.1 Å². The molecule has 0 radical (unpaired) electrons. The minimum Gasteiger partial charge on any atom is -0.301 e. The molecule has 1 amide bonds. The molecule has 4 rings (SSSR count). The molecule has 0 fully saturated rings. The van der Waals surface area contributed by atoms with Gasteiger partial charge in [0.1, 0.15) is 16.5 Å². The van der Waals surface area contributed by atoms with Gasteiger partial charge >= 0.3 is 0 Å². The maximum absolute atomic E-state index is 13.4. The summed E-state index contributed by atoms with van der Waals surface area (Å²) < 4.78 is 15.0. The summed E-state index contributed by atoms with van der Waals surface area (Å²) in [5.74, 6) is -0.634. The fourth-order valence-corrected chi connectivity index (χ4v) is 3.50. The van der Waals surface area contributed by atoms with Crippen molar-refractivity contribution < 1.29 is 9.18 Å². The van der Waals surface area contributed by atoms with Crippen molar-refractivity contribution in [3.05, 3.63) is 83.6 Å². The third kappa shape index (κ3) is 3.81. The summed E-state index contributed by atoms with van der Waals surface area (Å²) >= 11 is 1.38.